The number of hydrogen-bond donors (Lipinski definition) is 0. The molecule has 0 nitrogen and oxygen atoms in total. The van der Waals surface area contributed by atoms with E-state index in [2.05, 4.69) is 76.2 Å². The van der Waals surface area contributed by atoms with Crippen LogP contribution in [0.25, 0.3) is 0 Å². The number of rotatable bonds is 0. The molecule has 24 heteroatoms. The van der Waals surface area contributed by atoms with E-state index in [1.807, 2.05) is 0 Å². The van der Waals surface area contributed by atoms with Crippen molar-refractivity contribution in [2.45, 2.75) is 27.7 Å². The van der Waals surface area contributed by atoms with E-state index in [0.29, 0.717) is 0 Å². The van der Waals surface area contributed by atoms with Gasteiger partial charge in [-0.3, -0.25) is 35.1 Å². The third kappa shape index (κ3) is 21.0. The van der Waals surface area contributed by atoms with Crippen LogP contribution in [0, 0.1) is 168 Å². The van der Waals surface area contributed by atoms with Crippen LogP contribution in [0.5, 0.6) is 0 Å². The molecule has 0 fully saturated rings. The second-order valence-electron chi connectivity index (χ2n) is 11.1. The Morgan fingerprint density at radius 1 is 0.234 bits per heavy atom. The minimum atomic E-state index is -2.17. The van der Waals surface area contributed by atoms with Crippen LogP contribution in [0.15, 0.2) is 48.5 Å². The second-order valence-corrected chi connectivity index (χ2v) is 11.1. The van der Waals surface area contributed by atoms with Crippen LogP contribution in [0.3, 0.4) is 0 Å². The Kier molecular flexibility index (Phi) is 33.5. The second kappa shape index (κ2) is 31.7. The molecule has 0 N–H and O–H groups in total. The number of halogens is 20. The first-order chi connectivity index (χ1) is 27.7. The Balaban J connectivity index is -0.000000335. The summed E-state index contributed by atoms with van der Waals surface area (Å²) in [6.07, 6.45) is 0. The summed E-state index contributed by atoms with van der Waals surface area (Å²) in [4.78, 5) is 0. The molecule has 364 valence electrons. The average Bonchev–Trinajstić information content (AvgIpc) is 3.18. The number of aryl methyl sites for hydroxylation is 4. The van der Waals surface area contributed by atoms with Gasteiger partial charge in [-0.25, -0.2) is 52.7 Å². The smallest absolute Gasteiger partial charge is 0.278 e. The third-order valence-electron chi connectivity index (χ3n) is 6.31. The van der Waals surface area contributed by atoms with Gasteiger partial charge in [-0.1, -0.05) is 70.8 Å². The van der Waals surface area contributed by atoms with Crippen LogP contribution in [0.4, 0.5) is 87.8 Å². The maximum Gasteiger partial charge on any atom is 1.00 e. The summed E-state index contributed by atoms with van der Waals surface area (Å²) in [5, 5.41) is 0. The summed E-state index contributed by atoms with van der Waals surface area (Å²) < 4.78 is 239. The molecule has 6 rings (SSSR count). The van der Waals surface area contributed by atoms with Crippen molar-refractivity contribution >= 4 is 0 Å². The van der Waals surface area contributed by atoms with E-state index < -0.39 is 116 Å². The average molecular weight is 1310 g/mol. The summed E-state index contributed by atoms with van der Waals surface area (Å²) in [5.41, 5.74) is 5.35. The van der Waals surface area contributed by atoms with E-state index >= 15 is 0 Å². The van der Waals surface area contributed by atoms with Crippen LogP contribution >= 0.6 is 0 Å². The molecular formula is C40H20Ag4F20. The molecule has 0 aliphatic rings. The van der Waals surface area contributed by atoms with Crippen LogP contribution in [-0.4, -0.2) is 0 Å². The first-order valence-corrected chi connectivity index (χ1v) is 15.4. The predicted molar refractivity (Wildman–Crippen MR) is 172 cm³/mol. The van der Waals surface area contributed by atoms with Crippen molar-refractivity contribution in [3.05, 3.63) is 211 Å². The Labute approximate surface area is 413 Å². The van der Waals surface area contributed by atoms with Gasteiger partial charge in [0, 0.05) is 0 Å². The van der Waals surface area contributed by atoms with Gasteiger partial charge in [-0.2, -0.15) is 0 Å². The van der Waals surface area contributed by atoms with Gasteiger partial charge in [0.2, 0.25) is 0 Å². The molecular weight excluding hydrogens is 1290 g/mol. The molecule has 0 amide bonds. The Hall–Kier alpha value is -3.12. The third-order valence-corrected chi connectivity index (χ3v) is 6.31. The standard InChI is InChI=1S/2C8H10.4C6F5.4Ag/c2*1-7-4-3-5-8(2)6-7;4*7-2-1-3(8)5(10)6(11)4(2)9;;;;/h2*3-6H,1-2H3;;;;;;;;/q;;4*-1;4*+1. The minimum absolute atomic E-state index is 0. The Morgan fingerprint density at radius 2 is 0.359 bits per heavy atom. The van der Waals surface area contributed by atoms with E-state index in [0.717, 1.165) is 24.3 Å². The zero-order chi connectivity index (χ0) is 46.3. The maximum atomic E-state index is 12.0. The van der Waals surface area contributed by atoms with Gasteiger partial charge in [-0.15, -0.1) is 24.3 Å². The van der Waals surface area contributed by atoms with Gasteiger partial charge in [0.25, 0.3) is 0 Å². The molecule has 0 saturated heterocycles. The van der Waals surface area contributed by atoms with E-state index in [1.165, 1.54) is 22.3 Å². The van der Waals surface area contributed by atoms with Gasteiger partial charge >= 0.3 is 89.5 Å². The van der Waals surface area contributed by atoms with Gasteiger partial charge < -0.3 is 0 Å². The summed E-state index contributed by atoms with van der Waals surface area (Å²) >= 11 is 0. The van der Waals surface area contributed by atoms with E-state index in [-0.39, 0.29) is 89.5 Å². The van der Waals surface area contributed by atoms with Crippen LogP contribution < -0.4 is 0 Å². The largest absolute Gasteiger partial charge is 1.00 e. The molecule has 6 aromatic carbocycles. The zero-order valence-electron chi connectivity index (χ0n) is 31.4. The van der Waals surface area contributed by atoms with Crippen LogP contribution in [0.1, 0.15) is 22.3 Å². The molecule has 0 aliphatic heterocycles. The fourth-order valence-corrected chi connectivity index (χ4v) is 3.59. The molecule has 64 heavy (non-hydrogen) atoms. The molecule has 0 saturated carbocycles. The van der Waals surface area contributed by atoms with Crippen molar-refractivity contribution in [3.63, 3.8) is 0 Å². The summed E-state index contributed by atoms with van der Waals surface area (Å²) in [6, 6.07) is 21.0. The van der Waals surface area contributed by atoms with Crippen LogP contribution in [0.2, 0.25) is 0 Å². The van der Waals surface area contributed by atoms with Crippen molar-refractivity contribution in [3.8, 4) is 0 Å². The van der Waals surface area contributed by atoms with E-state index in [1.54, 1.807) is 0 Å². The molecule has 0 atom stereocenters. The number of benzene rings is 6. The first kappa shape index (κ1) is 67.5. The molecule has 0 heterocycles. The van der Waals surface area contributed by atoms with Crippen molar-refractivity contribution < 1.29 is 177 Å². The Morgan fingerprint density at radius 3 is 0.453 bits per heavy atom. The fraction of sp³-hybridized carbons (Fsp3) is 0.100. The number of hydrogen-bond acceptors (Lipinski definition) is 0. The van der Waals surface area contributed by atoms with E-state index in [9.17, 15) is 87.8 Å². The zero-order valence-corrected chi connectivity index (χ0v) is 37.3. The molecule has 0 aromatic heterocycles. The van der Waals surface area contributed by atoms with Gasteiger partial charge in [0.15, 0.2) is 0 Å². The van der Waals surface area contributed by atoms with Crippen molar-refractivity contribution in [1.29, 1.82) is 0 Å². The van der Waals surface area contributed by atoms with Crippen molar-refractivity contribution in [2.24, 2.45) is 0 Å². The predicted octanol–water partition coefficient (Wildman–Crippen LogP) is 13.3. The van der Waals surface area contributed by atoms with Crippen LogP contribution in [-0.2, 0) is 89.5 Å². The Bertz CT molecular complexity index is 1990. The molecule has 0 spiro atoms. The fourth-order valence-electron chi connectivity index (χ4n) is 3.59. The summed E-state index contributed by atoms with van der Waals surface area (Å²) in [7, 11) is 0. The summed E-state index contributed by atoms with van der Waals surface area (Å²) in [5.74, 6) is -40.2. The van der Waals surface area contributed by atoms with Crippen molar-refractivity contribution in [1.82, 2.24) is 0 Å². The van der Waals surface area contributed by atoms with Gasteiger partial charge in [-0.05, 0) is 27.7 Å². The molecule has 0 radical (unpaired) electrons. The summed E-state index contributed by atoms with van der Waals surface area (Å²) in [6.45, 7) is 8.42. The normalized spacial score (nSPS) is 9.38. The minimum Gasteiger partial charge on any atom is -0.278 e. The topological polar surface area (TPSA) is 0 Å². The van der Waals surface area contributed by atoms with Gasteiger partial charge in [0.1, 0.15) is 0 Å². The van der Waals surface area contributed by atoms with Crippen molar-refractivity contribution in [2.75, 3.05) is 0 Å². The molecule has 0 unspecified atom stereocenters. The first-order valence-electron chi connectivity index (χ1n) is 15.4. The van der Waals surface area contributed by atoms with Gasteiger partial charge in [0.05, 0.1) is 116 Å². The monoisotopic (exact) mass is 1310 g/mol. The quantitative estimate of drug-likeness (QED) is 0.0467. The molecule has 6 aromatic rings. The SMILES string of the molecule is Cc1cccc(C)c1.Cc1cccc(C)c1.Fc1[c-]c(F)c(F)c(F)c1F.Fc1[c-]c(F)c(F)c(F)c1F.Fc1[c-]c(F)c(F)c(F)c1F.Fc1[c-]c(F)c(F)c(F)c1F.[Ag+].[Ag+].[Ag+].[Ag+]. The maximum absolute atomic E-state index is 12.0. The van der Waals surface area contributed by atoms with E-state index in [4.69, 9.17) is 0 Å². The molecule has 0 aliphatic carbocycles. The molecule has 0 bridgehead atoms.